The maximum absolute atomic E-state index is 13.5. The number of amides is 3. The Morgan fingerprint density at radius 3 is 2.11 bits per heavy atom. The lowest BCUT2D eigenvalue weighted by Crippen LogP contribution is -2.56. The molecule has 0 radical (unpaired) electrons. The Kier molecular flexibility index (Phi) is 10.3. The monoisotopic (exact) mass is 545 g/mol. The number of benzene rings is 2. The van der Waals surface area contributed by atoms with Gasteiger partial charge in [0.25, 0.3) is 11.8 Å². The normalized spacial score (nSPS) is 13.1. The Morgan fingerprint density at radius 1 is 0.921 bits per heavy atom. The van der Waals surface area contributed by atoms with E-state index < -0.39 is 46.8 Å². The second-order valence-electron chi connectivity index (χ2n) is 10.8. The summed E-state index contributed by atoms with van der Waals surface area (Å²) in [6, 6.07) is 10.9. The summed E-state index contributed by atoms with van der Waals surface area (Å²) < 4.78 is 5.21. The maximum atomic E-state index is 13.5. The first-order chi connectivity index (χ1) is 17.6. The standard InChI is InChI=1S/C27H36ClN5O5/c1-26(2,3)22(32-23(35)17-12-13-19(29)18(28)14-17)25(37)31-21(16-10-8-7-9-11-16)24(36)33-30-15-20(34)38-27(4,5)6/h7-14,21-22,30H,15,29H2,1-6H3,(H,31,37)(H,32,35)(H,33,36). The smallest absolute Gasteiger partial charge is 0.322 e. The molecule has 0 fully saturated rings. The molecule has 0 aliphatic rings. The summed E-state index contributed by atoms with van der Waals surface area (Å²) in [5.74, 6) is -2.28. The first-order valence-corrected chi connectivity index (χ1v) is 12.4. The zero-order chi connectivity index (χ0) is 28.7. The van der Waals surface area contributed by atoms with Gasteiger partial charge in [-0.2, -0.15) is 0 Å². The predicted molar refractivity (Wildman–Crippen MR) is 146 cm³/mol. The quantitative estimate of drug-likeness (QED) is 0.184. The number of hydrogen-bond acceptors (Lipinski definition) is 7. The number of hydrogen-bond donors (Lipinski definition) is 5. The SMILES string of the molecule is CC(C)(C)OC(=O)CNNC(=O)C(NC(=O)C(NC(=O)c1ccc(N)c(Cl)c1)C(C)(C)C)c1ccccc1. The molecule has 206 valence electrons. The summed E-state index contributed by atoms with van der Waals surface area (Å²) >= 11 is 6.05. The number of esters is 1. The number of halogens is 1. The van der Waals surface area contributed by atoms with Crippen LogP contribution in [0.4, 0.5) is 5.69 Å². The highest BCUT2D eigenvalue weighted by molar-refractivity contribution is 6.33. The molecule has 2 unspecified atom stereocenters. The Hall–Kier alpha value is -3.63. The lowest BCUT2D eigenvalue weighted by Gasteiger charge is -2.32. The van der Waals surface area contributed by atoms with Gasteiger partial charge in [-0.1, -0.05) is 62.7 Å². The van der Waals surface area contributed by atoms with Crippen LogP contribution in [0.25, 0.3) is 0 Å². The third-order valence-corrected chi connectivity index (χ3v) is 5.54. The number of nitrogens with two attached hydrogens (primary N) is 1. The third-order valence-electron chi connectivity index (χ3n) is 5.21. The van der Waals surface area contributed by atoms with Crippen LogP contribution in [0.5, 0.6) is 0 Å². The van der Waals surface area contributed by atoms with Gasteiger partial charge in [0.05, 0.1) is 10.7 Å². The van der Waals surface area contributed by atoms with E-state index in [0.717, 1.165) is 0 Å². The van der Waals surface area contributed by atoms with Crippen molar-refractivity contribution >= 4 is 41.0 Å². The van der Waals surface area contributed by atoms with Crippen LogP contribution in [0.2, 0.25) is 5.02 Å². The molecule has 0 bridgehead atoms. The van der Waals surface area contributed by atoms with Gasteiger partial charge in [0.1, 0.15) is 24.2 Å². The third kappa shape index (κ3) is 9.35. The fraction of sp³-hybridized carbons (Fsp3) is 0.407. The van der Waals surface area contributed by atoms with Gasteiger partial charge >= 0.3 is 5.97 Å². The molecule has 2 aromatic rings. The minimum absolute atomic E-state index is 0.217. The number of carbonyl (C=O) groups is 4. The fourth-order valence-corrected chi connectivity index (χ4v) is 3.56. The Morgan fingerprint density at radius 2 is 1.55 bits per heavy atom. The number of ether oxygens (including phenoxy) is 1. The van der Waals surface area contributed by atoms with Crippen LogP contribution in [0.1, 0.15) is 63.5 Å². The van der Waals surface area contributed by atoms with E-state index >= 15 is 0 Å². The first kappa shape index (κ1) is 30.6. The highest BCUT2D eigenvalue weighted by Gasteiger charge is 2.35. The van der Waals surface area contributed by atoms with Gasteiger partial charge in [-0.25, -0.2) is 5.43 Å². The minimum atomic E-state index is -1.12. The highest BCUT2D eigenvalue weighted by Crippen LogP contribution is 2.23. The van der Waals surface area contributed by atoms with Crippen molar-refractivity contribution in [3.63, 3.8) is 0 Å². The van der Waals surface area contributed by atoms with Crippen LogP contribution < -0.4 is 27.2 Å². The summed E-state index contributed by atoms with van der Waals surface area (Å²) in [7, 11) is 0. The van der Waals surface area contributed by atoms with Crippen molar-refractivity contribution in [2.45, 2.75) is 59.2 Å². The van der Waals surface area contributed by atoms with Crippen LogP contribution in [-0.2, 0) is 19.1 Å². The zero-order valence-electron chi connectivity index (χ0n) is 22.5. The summed E-state index contributed by atoms with van der Waals surface area (Å²) in [6.45, 7) is 10.3. The van der Waals surface area contributed by atoms with Crippen molar-refractivity contribution in [2.24, 2.45) is 5.41 Å². The van der Waals surface area contributed by atoms with Crippen molar-refractivity contribution in [1.82, 2.24) is 21.5 Å². The van der Waals surface area contributed by atoms with Crippen LogP contribution in [0.15, 0.2) is 48.5 Å². The summed E-state index contributed by atoms with van der Waals surface area (Å²) in [5.41, 5.74) is 10.4. The lowest BCUT2D eigenvalue weighted by atomic mass is 9.85. The van der Waals surface area contributed by atoms with Gasteiger partial charge in [-0.15, -0.1) is 0 Å². The molecule has 38 heavy (non-hydrogen) atoms. The molecule has 0 spiro atoms. The zero-order valence-corrected chi connectivity index (χ0v) is 23.2. The molecule has 3 amide bonds. The Bertz CT molecular complexity index is 1160. The van der Waals surface area contributed by atoms with Crippen LogP contribution in [0, 0.1) is 5.41 Å². The van der Waals surface area contributed by atoms with E-state index in [-0.39, 0.29) is 17.1 Å². The molecular weight excluding hydrogens is 510 g/mol. The molecule has 0 aromatic heterocycles. The van der Waals surface area contributed by atoms with Crippen LogP contribution in [0.3, 0.4) is 0 Å². The van der Waals surface area contributed by atoms with Gasteiger partial charge in [-0.3, -0.25) is 24.6 Å². The van der Waals surface area contributed by atoms with E-state index in [9.17, 15) is 19.2 Å². The van der Waals surface area contributed by atoms with Crippen molar-refractivity contribution in [1.29, 1.82) is 0 Å². The number of nitrogens with one attached hydrogen (secondary N) is 4. The molecule has 0 aliphatic carbocycles. The van der Waals surface area contributed by atoms with Gasteiger partial charge in [0.15, 0.2) is 0 Å². The maximum Gasteiger partial charge on any atom is 0.322 e. The molecule has 2 atom stereocenters. The minimum Gasteiger partial charge on any atom is -0.459 e. The molecule has 0 aliphatic heterocycles. The van der Waals surface area contributed by atoms with E-state index in [4.69, 9.17) is 22.1 Å². The van der Waals surface area contributed by atoms with Crippen LogP contribution >= 0.6 is 11.6 Å². The predicted octanol–water partition coefficient (Wildman–Crippen LogP) is 2.89. The average Bonchev–Trinajstić information content (AvgIpc) is 2.81. The van der Waals surface area contributed by atoms with E-state index in [1.54, 1.807) is 71.9 Å². The summed E-state index contributed by atoms with van der Waals surface area (Å²) in [5, 5.41) is 5.68. The van der Waals surface area contributed by atoms with Gasteiger partial charge in [0.2, 0.25) is 5.91 Å². The molecule has 0 saturated carbocycles. The first-order valence-electron chi connectivity index (χ1n) is 12.0. The van der Waals surface area contributed by atoms with Gasteiger partial charge in [-0.05, 0) is 49.9 Å². The highest BCUT2D eigenvalue weighted by atomic mass is 35.5. The fourth-order valence-electron chi connectivity index (χ4n) is 3.38. The summed E-state index contributed by atoms with van der Waals surface area (Å²) in [6.07, 6.45) is 0. The number of hydrazine groups is 1. The van der Waals surface area contributed by atoms with E-state index in [1.165, 1.54) is 18.2 Å². The lowest BCUT2D eigenvalue weighted by molar-refractivity contribution is -0.153. The van der Waals surface area contributed by atoms with E-state index in [2.05, 4.69) is 21.5 Å². The molecule has 0 saturated heterocycles. The molecular formula is C27H36ClN5O5. The molecule has 10 nitrogen and oxygen atoms in total. The van der Waals surface area contributed by atoms with E-state index in [0.29, 0.717) is 11.3 Å². The summed E-state index contributed by atoms with van der Waals surface area (Å²) in [4.78, 5) is 51.4. The van der Waals surface area contributed by atoms with Crippen molar-refractivity contribution in [3.8, 4) is 0 Å². The Labute approximate surface area is 228 Å². The molecule has 2 rings (SSSR count). The van der Waals surface area contributed by atoms with Gasteiger partial charge < -0.3 is 21.1 Å². The second kappa shape index (κ2) is 12.7. The van der Waals surface area contributed by atoms with Crippen LogP contribution in [-0.4, -0.2) is 41.9 Å². The van der Waals surface area contributed by atoms with Gasteiger partial charge in [0, 0.05) is 5.56 Å². The second-order valence-corrected chi connectivity index (χ2v) is 11.2. The molecule has 11 heteroatoms. The molecule has 0 heterocycles. The Balaban J connectivity index is 2.19. The van der Waals surface area contributed by atoms with Crippen molar-refractivity contribution in [3.05, 3.63) is 64.7 Å². The van der Waals surface area contributed by atoms with Crippen molar-refractivity contribution in [2.75, 3.05) is 12.3 Å². The van der Waals surface area contributed by atoms with Crippen molar-refractivity contribution < 1.29 is 23.9 Å². The average molecular weight is 546 g/mol. The largest absolute Gasteiger partial charge is 0.459 e. The molecule has 6 N–H and O–H groups in total. The number of rotatable bonds is 9. The topological polar surface area (TPSA) is 152 Å². The van der Waals surface area contributed by atoms with E-state index in [1.807, 2.05) is 0 Å². The number of carbonyl (C=O) groups excluding carboxylic acids is 4. The number of nitrogen functional groups attached to an aromatic ring is 1. The molecule has 2 aromatic carbocycles. The number of anilines is 1.